The lowest BCUT2D eigenvalue weighted by Gasteiger charge is -2.10. The summed E-state index contributed by atoms with van der Waals surface area (Å²) in [5.41, 5.74) is 1.73. The maximum atomic E-state index is 12.5. The number of benzene rings is 1. The molecule has 0 unspecified atom stereocenters. The van der Waals surface area contributed by atoms with Crippen molar-refractivity contribution in [2.45, 2.75) is 31.0 Å². The zero-order valence-corrected chi connectivity index (χ0v) is 12.2. The van der Waals surface area contributed by atoms with Crippen LogP contribution >= 0.6 is 23.1 Å². The molecule has 1 N–H and O–H groups in total. The van der Waals surface area contributed by atoms with E-state index in [9.17, 15) is 8.78 Å². The first kappa shape index (κ1) is 14.3. The Labute approximate surface area is 119 Å². The van der Waals surface area contributed by atoms with Gasteiger partial charge in [-0.15, -0.1) is 11.3 Å². The van der Waals surface area contributed by atoms with E-state index < -0.39 is 5.76 Å². The third-order valence-corrected chi connectivity index (χ3v) is 4.40. The fourth-order valence-corrected chi connectivity index (χ4v) is 3.22. The molecule has 2 nitrogen and oxygen atoms in total. The molecular formula is C13H14F2N2S2. The number of hydrogen-bond acceptors (Lipinski definition) is 4. The number of anilines is 1. The Balaban J connectivity index is 2.09. The Morgan fingerprint density at radius 1 is 1.32 bits per heavy atom. The number of hydrogen-bond donors (Lipinski definition) is 1. The highest BCUT2D eigenvalue weighted by Gasteiger charge is 2.10. The molecular weight excluding hydrogens is 286 g/mol. The van der Waals surface area contributed by atoms with E-state index in [4.69, 9.17) is 0 Å². The highest BCUT2D eigenvalue weighted by atomic mass is 32.2. The molecule has 0 bridgehead atoms. The first-order chi connectivity index (χ1) is 9.06. The lowest BCUT2D eigenvalue weighted by atomic mass is 10.3. The molecule has 0 amide bonds. The van der Waals surface area contributed by atoms with Gasteiger partial charge in [0.2, 0.25) is 0 Å². The SMILES string of the molecule is Cc1nc(C)c(CNc2ccccc2SC(F)F)s1. The predicted molar refractivity (Wildman–Crippen MR) is 77.2 cm³/mol. The summed E-state index contributed by atoms with van der Waals surface area (Å²) in [4.78, 5) is 6.05. The van der Waals surface area contributed by atoms with Crippen LogP contribution in [0.5, 0.6) is 0 Å². The molecule has 1 aromatic heterocycles. The third-order valence-electron chi connectivity index (χ3n) is 2.54. The number of nitrogens with zero attached hydrogens (tertiary/aromatic N) is 1. The minimum Gasteiger partial charge on any atom is -0.379 e. The highest BCUT2D eigenvalue weighted by Crippen LogP contribution is 2.32. The molecule has 0 aliphatic rings. The van der Waals surface area contributed by atoms with Crippen LogP contribution < -0.4 is 5.32 Å². The van der Waals surface area contributed by atoms with Crippen LogP contribution in [0.3, 0.4) is 0 Å². The summed E-state index contributed by atoms with van der Waals surface area (Å²) < 4.78 is 24.9. The largest absolute Gasteiger partial charge is 0.379 e. The van der Waals surface area contributed by atoms with Gasteiger partial charge >= 0.3 is 0 Å². The molecule has 102 valence electrons. The number of nitrogens with one attached hydrogen (secondary N) is 1. The first-order valence-electron chi connectivity index (χ1n) is 5.77. The predicted octanol–water partition coefficient (Wildman–Crippen LogP) is 4.69. The maximum absolute atomic E-state index is 12.5. The minimum atomic E-state index is -2.41. The minimum absolute atomic E-state index is 0.562. The number of halogens is 2. The van der Waals surface area contributed by atoms with Crippen molar-refractivity contribution >= 4 is 28.8 Å². The molecule has 2 aromatic rings. The van der Waals surface area contributed by atoms with Crippen LogP contribution in [0, 0.1) is 13.8 Å². The van der Waals surface area contributed by atoms with Gasteiger partial charge in [-0.1, -0.05) is 23.9 Å². The van der Waals surface area contributed by atoms with Crippen LogP contribution in [-0.2, 0) is 6.54 Å². The van der Waals surface area contributed by atoms with E-state index in [0.29, 0.717) is 23.2 Å². The smallest absolute Gasteiger partial charge is 0.288 e. The normalized spacial score (nSPS) is 11.0. The van der Waals surface area contributed by atoms with Gasteiger partial charge in [0.05, 0.1) is 17.2 Å². The van der Waals surface area contributed by atoms with E-state index in [-0.39, 0.29) is 0 Å². The number of aryl methyl sites for hydroxylation is 2. The van der Waals surface area contributed by atoms with Crippen molar-refractivity contribution < 1.29 is 8.78 Å². The Bertz CT molecular complexity index is 555. The van der Waals surface area contributed by atoms with Crippen molar-refractivity contribution in [3.8, 4) is 0 Å². The van der Waals surface area contributed by atoms with Gasteiger partial charge in [0.15, 0.2) is 0 Å². The van der Waals surface area contributed by atoms with Crippen LogP contribution in [0.4, 0.5) is 14.5 Å². The molecule has 0 spiro atoms. The fourth-order valence-electron chi connectivity index (χ4n) is 1.72. The topological polar surface area (TPSA) is 24.9 Å². The Kier molecular flexibility index (Phi) is 4.76. The monoisotopic (exact) mass is 300 g/mol. The fraction of sp³-hybridized carbons (Fsp3) is 0.308. The molecule has 0 radical (unpaired) electrons. The summed E-state index contributed by atoms with van der Waals surface area (Å²) >= 11 is 2.19. The van der Waals surface area contributed by atoms with Crippen LogP contribution in [0.15, 0.2) is 29.2 Å². The Morgan fingerprint density at radius 2 is 2.05 bits per heavy atom. The second-order valence-corrected chi connectivity index (χ2v) is 6.29. The highest BCUT2D eigenvalue weighted by molar-refractivity contribution is 7.99. The second kappa shape index (κ2) is 6.34. The molecule has 19 heavy (non-hydrogen) atoms. The lowest BCUT2D eigenvalue weighted by Crippen LogP contribution is -2.00. The van der Waals surface area contributed by atoms with Crippen molar-refractivity contribution in [3.63, 3.8) is 0 Å². The Morgan fingerprint density at radius 3 is 2.68 bits per heavy atom. The molecule has 0 fully saturated rings. The van der Waals surface area contributed by atoms with E-state index >= 15 is 0 Å². The summed E-state index contributed by atoms with van der Waals surface area (Å²) in [6.45, 7) is 4.53. The summed E-state index contributed by atoms with van der Waals surface area (Å²) in [5.74, 6) is -2.41. The van der Waals surface area contributed by atoms with E-state index in [0.717, 1.165) is 21.3 Å². The molecule has 2 rings (SSSR count). The Hall–Kier alpha value is -1.14. The van der Waals surface area contributed by atoms with Crippen molar-refractivity contribution in [2.24, 2.45) is 0 Å². The zero-order valence-electron chi connectivity index (χ0n) is 10.6. The van der Waals surface area contributed by atoms with E-state index in [2.05, 4.69) is 10.3 Å². The maximum Gasteiger partial charge on any atom is 0.288 e. The molecule has 6 heteroatoms. The van der Waals surface area contributed by atoms with Gasteiger partial charge in [-0.2, -0.15) is 8.78 Å². The molecule has 0 atom stereocenters. The van der Waals surface area contributed by atoms with Crippen molar-refractivity contribution in [1.82, 2.24) is 4.98 Å². The number of alkyl halides is 2. The van der Waals surface area contributed by atoms with Crippen LogP contribution in [-0.4, -0.2) is 10.7 Å². The van der Waals surface area contributed by atoms with Gasteiger partial charge in [-0.05, 0) is 26.0 Å². The van der Waals surface area contributed by atoms with Crippen molar-refractivity contribution in [3.05, 3.63) is 39.8 Å². The summed E-state index contributed by atoms with van der Waals surface area (Å²) in [7, 11) is 0. The molecule has 0 aliphatic carbocycles. The molecule has 0 saturated carbocycles. The summed E-state index contributed by atoms with van der Waals surface area (Å²) in [5, 5.41) is 4.22. The third kappa shape index (κ3) is 3.91. The zero-order chi connectivity index (χ0) is 13.8. The average molecular weight is 300 g/mol. The molecule has 0 saturated heterocycles. The summed E-state index contributed by atoms with van der Waals surface area (Å²) in [6.07, 6.45) is 0. The van der Waals surface area contributed by atoms with Crippen molar-refractivity contribution in [1.29, 1.82) is 0 Å². The average Bonchev–Trinajstić information content (AvgIpc) is 2.66. The number of para-hydroxylation sites is 1. The van der Waals surface area contributed by atoms with E-state index in [1.807, 2.05) is 26.0 Å². The molecule has 1 heterocycles. The van der Waals surface area contributed by atoms with E-state index in [1.165, 1.54) is 0 Å². The van der Waals surface area contributed by atoms with Crippen LogP contribution in [0.1, 0.15) is 15.6 Å². The van der Waals surface area contributed by atoms with Gasteiger partial charge in [-0.25, -0.2) is 4.98 Å². The number of thioether (sulfide) groups is 1. The number of rotatable bonds is 5. The second-order valence-electron chi connectivity index (χ2n) is 3.97. The van der Waals surface area contributed by atoms with Gasteiger partial charge < -0.3 is 5.32 Å². The van der Waals surface area contributed by atoms with Crippen molar-refractivity contribution in [2.75, 3.05) is 5.32 Å². The van der Waals surface area contributed by atoms with Gasteiger partial charge in [0.1, 0.15) is 0 Å². The summed E-state index contributed by atoms with van der Waals surface area (Å²) in [6, 6.07) is 7.11. The van der Waals surface area contributed by atoms with Crippen LogP contribution in [0.25, 0.3) is 0 Å². The van der Waals surface area contributed by atoms with E-state index in [1.54, 1.807) is 23.5 Å². The van der Waals surface area contributed by atoms with Crippen LogP contribution in [0.2, 0.25) is 0 Å². The quantitative estimate of drug-likeness (QED) is 0.811. The lowest BCUT2D eigenvalue weighted by molar-refractivity contribution is 0.252. The standard InChI is InChI=1S/C13H14F2N2S2/c1-8-12(18-9(2)17-8)7-16-10-5-3-4-6-11(10)19-13(14)15/h3-6,13,16H,7H2,1-2H3. The number of aromatic nitrogens is 1. The first-order valence-corrected chi connectivity index (χ1v) is 7.46. The van der Waals surface area contributed by atoms with Gasteiger partial charge in [0.25, 0.3) is 5.76 Å². The molecule has 0 aliphatic heterocycles. The van der Waals surface area contributed by atoms with Gasteiger partial charge in [-0.3, -0.25) is 0 Å². The molecule has 1 aromatic carbocycles. The van der Waals surface area contributed by atoms with Gasteiger partial charge in [0, 0.05) is 15.5 Å². The number of thiazole rings is 1.